The van der Waals surface area contributed by atoms with Gasteiger partial charge in [0, 0.05) is 26.4 Å². The van der Waals surface area contributed by atoms with E-state index in [2.05, 4.69) is 38.0 Å². The molecule has 3 heterocycles. The molecule has 2 aliphatic heterocycles. The largest absolute Gasteiger partial charge is 0.394 e. The van der Waals surface area contributed by atoms with E-state index in [1.165, 1.54) is 4.68 Å². The minimum Gasteiger partial charge on any atom is -0.394 e. The first kappa shape index (κ1) is 36.2. The number of aliphatic hydroxyl groups is 4. The van der Waals surface area contributed by atoms with Crippen LogP contribution in [0.3, 0.4) is 0 Å². The molecule has 0 radical (unpaired) electrons. The number of ether oxygens (including phenoxy) is 6. The third-order valence-corrected chi connectivity index (χ3v) is 7.93. The summed E-state index contributed by atoms with van der Waals surface area (Å²) < 4.78 is 39.1. The quantitative estimate of drug-likeness (QED) is 0.158. The van der Waals surface area contributed by atoms with Gasteiger partial charge in [0.25, 0.3) is 0 Å². The van der Waals surface area contributed by atoms with Crippen molar-refractivity contribution in [3.8, 4) is 0 Å². The van der Waals surface area contributed by atoms with Crippen molar-refractivity contribution in [2.75, 3.05) is 39.6 Å². The summed E-state index contributed by atoms with van der Waals surface area (Å²) in [5.74, 6) is 0. The number of aromatic nitrogens is 3. The van der Waals surface area contributed by atoms with Crippen LogP contribution in [0.2, 0.25) is 0 Å². The van der Waals surface area contributed by atoms with E-state index in [0.29, 0.717) is 38.7 Å². The van der Waals surface area contributed by atoms with E-state index in [4.69, 9.17) is 28.4 Å². The Balaban J connectivity index is 1.94. The molecule has 13 nitrogen and oxygen atoms in total. The Morgan fingerprint density at radius 1 is 0.721 bits per heavy atom. The maximum absolute atomic E-state index is 10.7. The van der Waals surface area contributed by atoms with Crippen molar-refractivity contribution in [1.29, 1.82) is 0 Å². The van der Waals surface area contributed by atoms with Crippen molar-refractivity contribution in [2.24, 2.45) is 0 Å². The van der Waals surface area contributed by atoms with Gasteiger partial charge in [-0.2, -0.15) is 0 Å². The average molecular weight is 618 g/mol. The second-order valence-corrected chi connectivity index (χ2v) is 11.4. The van der Waals surface area contributed by atoms with E-state index in [9.17, 15) is 20.4 Å². The first-order valence-corrected chi connectivity index (χ1v) is 16.2. The van der Waals surface area contributed by atoms with E-state index in [0.717, 1.165) is 51.4 Å². The smallest absolute Gasteiger partial charge is 0.180 e. The topological polar surface area (TPSA) is 167 Å². The van der Waals surface area contributed by atoms with Crippen molar-refractivity contribution in [1.82, 2.24) is 15.0 Å². The molecule has 0 aromatic carbocycles. The lowest BCUT2D eigenvalue weighted by molar-refractivity contribution is -0.269. The van der Waals surface area contributed by atoms with Gasteiger partial charge in [-0.3, -0.25) is 0 Å². The highest BCUT2D eigenvalue weighted by atomic mass is 16.6. The van der Waals surface area contributed by atoms with Crippen LogP contribution in [-0.2, 0) is 28.4 Å². The van der Waals surface area contributed by atoms with Crippen LogP contribution in [0.15, 0.2) is 6.20 Å². The highest BCUT2D eigenvalue weighted by molar-refractivity contribution is 5.09. The van der Waals surface area contributed by atoms with E-state index >= 15 is 0 Å². The van der Waals surface area contributed by atoms with Crippen molar-refractivity contribution < 1.29 is 48.8 Å². The van der Waals surface area contributed by atoms with Gasteiger partial charge in [0.15, 0.2) is 6.23 Å². The molecule has 250 valence electrons. The summed E-state index contributed by atoms with van der Waals surface area (Å²) in [5, 5.41) is 49.4. The Kier molecular flexibility index (Phi) is 16.3. The third kappa shape index (κ3) is 9.86. The molecule has 43 heavy (non-hydrogen) atoms. The first-order chi connectivity index (χ1) is 20.9. The van der Waals surface area contributed by atoms with Gasteiger partial charge >= 0.3 is 0 Å². The maximum Gasteiger partial charge on any atom is 0.180 e. The summed E-state index contributed by atoms with van der Waals surface area (Å²) in [4.78, 5) is 0. The highest BCUT2D eigenvalue weighted by Gasteiger charge is 2.50. The van der Waals surface area contributed by atoms with Gasteiger partial charge in [-0.15, -0.1) is 5.10 Å². The Hall–Kier alpha value is -1.26. The first-order valence-electron chi connectivity index (χ1n) is 16.2. The molecule has 0 amide bonds. The summed E-state index contributed by atoms with van der Waals surface area (Å²) in [5.41, 5.74) is 0.424. The normalized spacial score (nSPS) is 33.2. The number of aliphatic hydroxyl groups excluding tert-OH is 4. The molecule has 13 heteroatoms. The second kappa shape index (κ2) is 19.3. The monoisotopic (exact) mass is 617 g/mol. The molecule has 3 rings (SSSR count). The molecule has 0 spiro atoms. The number of unbranched alkanes of at least 4 members (excludes halogenated alkanes) is 4. The van der Waals surface area contributed by atoms with Crippen molar-refractivity contribution >= 4 is 0 Å². The summed E-state index contributed by atoms with van der Waals surface area (Å²) in [6.45, 7) is 10.4. The fraction of sp³-hybridized carbons (Fsp3) is 0.933. The zero-order valence-electron chi connectivity index (χ0n) is 26.3. The molecule has 2 saturated heterocycles. The SMILES string of the molecule is CCCCOC[C@H]1O[C@H](c2cn([C@H]3O[C@H](CO)[C@@H](O)[C@H](O)[C@@H]3O)nn2)[C@@H](OCCCC)[C@@H](OCCCC)[C@@H]1OCCCC. The Morgan fingerprint density at radius 3 is 1.91 bits per heavy atom. The number of rotatable bonds is 20. The molecular weight excluding hydrogens is 562 g/mol. The highest BCUT2D eigenvalue weighted by Crippen LogP contribution is 2.38. The molecule has 2 aliphatic rings. The van der Waals surface area contributed by atoms with E-state index < -0.39 is 67.8 Å². The van der Waals surface area contributed by atoms with Crippen LogP contribution in [0.4, 0.5) is 0 Å². The Labute approximate surface area is 255 Å². The predicted molar refractivity (Wildman–Crippen MR) is 156 cm³/mol. The third-order valence-electron chi connectivity index (χ3n) is 7.93. The average Bonchev–Trinajstić information content (AvgIpc) is 3.50. The predicted octanol–water partition coefficient (Wildman–Crippen LogP) is 2.06. The van der Waals surface area contributed by atoms with Gasteiger partial charge in [0.05, 0.1) is 19.4 Å². The Bertz CT molecular complexity index is 877. The van der Waals surface area contributed by atoms with Crippen molar-refractivity contribution in [2.45, 2.75) is 140 Å². The molecule has 1 aromatic heterocycles. The van der Waals surface area contributed by atoms with Crippen LogP contribution in [0.5, 0.6) is 0 Å². The molecule has 0 bridgehead atoms. The van der Waals surface area contributed by atoms with Crippen LogP contribution >= 0.6 is 0 Å². The van der Waals surface area contributed by atoms with Gasteiger partial charge in [0.1, 0.15) is 60.6 Å². The van der Waals surface area contributed by atoms with Gasteiger partial charge < -0.3 is 48.8 Å². The minimum absolute atomic E-state index is 0.309. The van der Waals surface area contributed by atoms with Crippen LogP contribution in [0.1, 0.15) is 97.1 Å². The van der Waals surface area contributed by atoms with Crippen LogP contribution < -0.4 is 0 Å². The van der Waals surface area contributed by atoms with Gasteiger partial charge in [0.2, 0.25) is 0 Å². The number of nitrogens with zero attached hydrogens (tertiary/aromatic N) is 3. The van der Waals surface area contributed by atoms with Crippen molar-refractivity contribution in [3.05, 3.63) is 11.9 Å². The van der Waals surface area contributed by atoms with E-state index in [1.54, 1.807) is 6.20 Å². The van der Waals surface area contributed by atoms with E-state index in [-0.39, 0.29) is 0 Å². The fourth-order valence-corrected chi connectivity index (χ4v) is 5.24. The lowest BCUT2D eigenvalue weighted by Gasteiger charge is -2.45. The standard InChI is InChI=1S/C30H55N3O10/c1-5-9-13-38-19-22-27(39-14-10-6-2)29(41-16-12-8-4)28(40-15-11-7-3)26(42-22)20-17-33(32-31-20)30-25(37)24(36)23(35)21(18-34)43-30/h17,21-30,34-37H,5-16,18-19H2,1-4H3/t21-,22-,23-,24+,25+,26-,27-,28-,29+,30+/m1/s1. The molecule has 1 aromatic rings. The zero-order valence-corrected chi connectivity index (χ0v) is 26.3. The Morgan fingerprint density at radius 2 is 1.30 bits per heavy atom. The molecule has 0 saturated carbocycles. The molecule has 10 atom stereocenters. The van der Waals surface area contributed by atoms with E-state index in [1.807, 2.05) is 0 Å². The second-order valence-electron chi connectivity index (χ2n) is 11.4. The number of hydrogen-bond acceptors (Lipinski definition) is 12. The number of hydrogen-bond donors (Lipinski definition) is 4. The van der Waals surface area contributed by atoms with Gasteiger partial charge in [-0.25, -0.2) is 4.68 Å². The molecule has 0 unspecified atom stereocenters. The molecule has 2 fully saturated rings. The van der Waals surface area contributed by atoms with Crippen LogP contribution in [0.25, 0.3) is 0 Å². The van der Waals surface area contributed by atoms with Crippen LogP contribution in [-0.4, -0.2) is 124 Å². The van der Waals surface area contributed by atoms with Crippen molar-refractivity contribution in [3.63, 3.8) is 0 Å². The summed E-state index contributed by atoms with van der Waals surface area (Å²) >= 11 is 0. The molecular formula is C30H55N3O10. The zero-order chi connectivity index (χ0) is 31.2. The van der Waals surface area contributed by atoms with Gasteiger partial charge in [-0.1, -0.05) is 58.6 Å². The van der Waals surface area contributed by atoms with Crippen LogP contribution in [0, 0.1) is 0 Å². The van der Waals surface area contributed by atoms with Gasteiger partial charge in [-0.05, 0) is 25.7 Å². The molecule has 0 aliphatic carbocycles. The summed E-state index contributed by atoms with van der Waals surface area (Å²) in [7, 11) is 0. The maximum atomic E-state index is 10.7. The fourth-order valence-electron chi connectivity index (χ4n) is 5.24. The minimum atomic E-state index is -1.54. The lowest BCUT2D eigenvalue weighted by Crippen LogP contribution is -2.58. The lowest BCUT2D eigenvalue weighted by atomic mass is 9.92. The summed E-state index contributed by atoms with van der Waals surface area (Å²) in [6, 6.07) is 0. The summed E-state index contributed by atoms with van der Waals surface area (Å²) in [6.07, 6.45) is -0.303. The molecule has 4 N–H and O–H groups in total.